The topological polar surface area (TPSA) is 43.7 Å². The van der Waals surface area contributed by atoms with Gasteiger partial charge < -0.3 is 15.1 Å². The lowest BCUT2D eigenvalue weighted by molar-refractivity contribution is 0.104. The van der Waals surface area contributed by atoms with Gasteiger partial charge in [-0.1, -0.05) is 23.7 Å². The Hall–Kier alpha value is -0.610. The minimum Gasteiger partial charge on any atom is -0.393 e. The van der Waals surface area contributed by atoms with Gasteiger partial charge in [-0.2, -0.15) is 0 Å². The number of nitrogens with zero attached hydrogens (tertiary/aromatic N) is 1. The lowest BCUT2D eigenvalue weighted by Crippen LogP contribution is -2.28. The molecule has 0 aliphatic carbocycles. The highest BCUT2D eigenvalue weighted by molar-refractivity contribution is 6.30. The second-order valence-electron chi connectivity index (χ2n) is 5.12. The zero-order valence-corrected chi connectivity index (χ0v) is 11.3. The third-order valence-electron chi connectivity index (χ3n) is 3.68. The molecule has 0 aromatic heterocycles. The Morgan fingerprint density at radius 2 is 2.00 bits per heavy atom. The first-order valence-corrected chi connectivity index (χ1v) is 6.78. The van der Waals surface area contributed by atoms with E-state index in [9.17, 15) is 10.2 Å². The molecule has 1 fully saturated rings. The number of aliphatic hydroxyl groups is 2. The van der Waals surface area contributed by atoms with Crippen LogP contribution in [0.25, 0.3) is 0 Å². The molecule has 100 valence electrons. The molecular weight excluding hydrogens is 250 g/mol. The Bertz CT molecular complexity index is 380. The summed E-state index contributed by atoms with van der Waals surface area (Å²) in [6.07, 6.45) is 0.253. The molecule has 2 rings (SSSR count). The van der Waals surface area contributed by atoms with Crippen LogP contribution in [0.15, 0.2) is 24.3 Å². The predicted molar refractivity (Wildman–Crippen MR) is 72.6 cm³/mol. The Kier molecular flexibility index (Phi) is 4.62. The summed E-state index contributed by atoms with van der Waals surface area (Å²) < 4.78 is 0. The van der Waals surface area contributed by atoms with Crippen molar-refractivity contribution in [3.63, 3.8) is 0 Å². The second kappa shape index (κ2) is 6.02. The molecule has 0 bridgehead atoms. The number of benzene rings is 1. The molecule has 0 saturated carbocycles. The lowest BCUT2D eigenvalue weighted by Gasteiger charge is -2.21. The van der Waals surface area contributed by atoms with Gasteiger partial charge in [-0.3, -0.25) is 0 Å². The van der Waals surface area contributed by atoms with Gasteiger partial charge in [0.2, 0.25) is 0 Å². The summed E-state index contributed by atoms with van der Waals surface area (Å²) in [7, 11) is 0. The van der Waals surface area contributed by atoms with Crippen molar-refractivity contribution >= 4 is 11.6 Å². The first-order chi connectivity index (χ1) is 8.56. The van der Waals surface area contributed by atoms with E-state index in [2.05, 4.69) is 4.90 Å². The SMILES string of the molecule is CC(O)C1CCN(CC(O)c2ccc(Cl)cc2)C1. The largest absolute Gasteiger partial charge is 0.393 e. The monoisotopic (exact) mass is 269 g/mol. The average molecular weight is 270 g/mol. The quantitative estimate of drug-likeness (QED) is 0.880. The molecule has 2 N–H and O–H groups in total. The van der Waals surface area contributed by atoms with Crippen molar-refractivity contribution in [3.05, 3.63) is 34.9 Å². The van der Waals surface area contributed by atoms with Gasteiger partial charge in [0.15, 0.2) is 0 Å². The Morgan fingerprint density at radius 3 is 2.56 bits per heavy atom. The summed E-state index contributed by atoms with van der Waals surface area (Å²) in [5.74, 6) is 0.336. The normalized spacial score (nSPS) is 24.1. The van der Waals surface area contributed by atoms with E-state index in [1.165, 1.54) is 0 Å². The predicted octanol–water partition coefficient (Wildman–Crippen LogP) is 2.08. The number of halogens is 1. The van der Waals surface area contributed by atoms with E-state index < -0.39 is 6.10 Å². The molecule has 1 saturated heterocycles. The fourth-order valence-corrected chi connectivity index (χ4v) is 2.58. The highest BCUT2D eigenvalue weighted by atomic mass is 35.5. The smallest absolute Gasteiger partial charge is 0.0916 e. The van der Waals surface area contributed by atoms with Crippen LogP contribution in [0.4, 0.5) is 0 Å². The van der Waals surface area contributed by atoms with Crippen LogP contribution in [0, 0.1) is 5.92 Å². The fraction of sp³-hybridized carbons (Fsp3) is 0.571. The van der Waals surface area contributed by atoms with E-state index >= 15 is 0 Å². The Labute approximate surface area is 113 Å². The molecule has 1 aromatic rings. The maximum atomic E-state index is 10.1. The van der Waals surface area contributed by atoms with Crippen molar-refractivity contribution in [2.45, 2.75) is 25.6 Å². The highest BCUT2D eigenvalue weighted by Crippen LogP contribution is 2.23. The molecule has 0 spiro atoms. The van der Waals surface area contributed by atoms with Gasteiger partial charge in [-0.05, 0) is 43.5 Å². The van der Waals surface area contributed by atoms with Crippen LogP contribution in [0.3, 0.4) is 0 Å². The second-order valence-corrected chi connectivity index (χ2v) is 5.55. The summed E-state index contributed by atoms with van der Waals surface area (Å²) in [6.45, 7) is 4.26. The molecule has 1 aliphatic heterocycles. The van der Waals surface area contributed by atoms with Gasteiger partial charge in [0.1, 0.15) is 0 Å². The molecule has 1 heterocycles. The number of aliphatic hydroxyl groups excluding tert-OH is 2. The number of β-amino-alcohol motifs (C(OH)–C–C–N with tert-alkyl or cyclic N) is 1. The molecule has 3 unspecified atom stereocenters. The fourth-order valence-electron chi connectivity index (χ4n) is 2.46. The zero-order chi connectivity index (χ0) is 13.1. The average Bonchev–Trinajstić information content (AvgIpc) is 2.78. The van der Waals surface area contributed by atoms with Crippen molar-refractivity contribution in [1.29, 1.82) is 0 Å². The number of hydrogen-bond acceptors (Lipinski definition) is 3. The van der Waals surface area contributed by atoms with Crippen LogP contribution in [0.5, 0.6) is 0 Å². The van der Waals surface area contributed by atoms with Crippen LogP contribution in [-0.2, 0) is 0 Å². The van der Waals surface area contributed by atoms with Crippen LogP contribution in [-0.4, -0.2) is 40.9 Å². The van der Waals surface area contributed by atoms with Crippen LogP contribution < -0.4 is 0 Å². The number of likely N-dealkylation sites (tertiary alicyclic amines) is 1. The molecular formula is C14H20ClNO2. The van der Waals surface area contributed by atoms with Crippen LogP contribution >= 0.6 is 11.6 Å². The van der Waals surface area contributed by atoms with E-state index in [0.717, 1.165) is 25.1 Å². The Morgan fingerprint density at radius 1 is 1.33 bits per heavy atom. The molecule has 0 radical (unpaired) electrons. The van der Waals surface area contributed by atoms with Gasteiger partial charge in [0.25, 0.3) is 0 Å². The molecule has 3 atom stereocenters. The minimum atomic E-state index is -0.491. The van der Waals surface area contributed by atoms with Crippen molar-refractivity contribution in [1.82, 2.24) is 4.90 Å². The van der Waals surface area contributed by atoms with E-state index in [4.69, 9.17) is 11.6 Å². The van der Waals surface area contributed by atoms with Crippen molar-refractivity contribution in [3.8, 4) is 0 Å². The first kappa shape index (κ1) is 13.8. The van der Waals surface area contributed by atoms with Gasteiger partial charge in [0, 0.05) is 18.1 Å². The standard InChI is InChI=1S/C14H20ClNO2/c1-10(17)12-6-7-16(8-12)9-14(18)11-2-4-13(15)5-3-11/h2-5,10,12,14,17-18H,6-9H2,1H3. The van der Waals surface area contributed by atoms with Crippen molar-refractivity contribution in [2.75, 3.05) is 19.6 Å². The molecule has 1 aromatic carbocycles. The first-order valence-electron chi connectivity index (χ1n) is 6.40. The highest BCUT2D eigenvalue weighted by Gasteiger charge is 2.27. The van der Waals surface area contributed by atoms with Gasteiger partial charge in [-0.15, -0.1) is 0 Å². The molecule has 3 nitrogen and oxygen atoms in total. The van der Waals surface area contributed by atoms with Crippen molar-refractivity contribution in [2.24, 2.45) is 5.92 Å². The summed E-state index contributed by atoms with van der Waals surface area (Å²) in [5.41, 5.74) is 0.889. The van der Waals surface area contributed by atoms with Gasteiger partial charge in [0.05, 0.1) is 12.2 Å². The summed E-state index contributed by atoms with van der Waals surface area (Å²) in [6, 6.07) is 7.30. The van der Waals surface area contributed by atoms with E-state index in [0.29, 0.717) is 17.5 Å². The third-order valence-corrected chi connectivity index (χ3v) is 3.93. The summed E-state index contributed by atoms with van der Waals surface area (Å²) in [5, 5.41) is 20.4. The summed E-state index contributed by atoms with van der Waals surface area (Å²) >= 11 is 5.82. The van der Waals surface area contributed by atoms with E-state index in [-0.39, 0.29) is 6.10 Å². The lowest BCUT2D eigenvalue weighted by atomic mass is 10.0. The maximum absolute atomic E-state index is 10.1. The van der Waals surface area contributed by atoms with Crippen molar-refractivity contribution < 1.29 is 10.2 Å². The number of rotatable bonds is 4. The number of hydrogen-bond donors (Lipinski definition) is 2. The molecule has 0 amide bonds. The summed E-state index contributed by atoms with van der Waals surface area (Å²) in [4.78, 5) is 2.21. The van der Waals surface area contributed by atoms with Crippen LogP contribution in [0.2, 0.25) is 5.02 Å². The van der Waals surface area contributed by atoms with E-state index in [1.807, 2.05) is 19.1 Å². The van der Waals surface area contributed by atoms with Gasteiger partial charge >= 0.3 is 0 Å². The van der Waals surface area contributed by atoms with E-state index in [1.54, 1.807) is 12.1 Å². The molecule has 4 heteroatoms. The molecule has 18 heavy (non-hydrogen) atoms. The molecule has 1 aliphatic rings. The maximum Gasteiger partial charge on any atom is 0.0916 e. The third kappa shape index (κ3) is 3.45. The van der Waals surface area contributed by atoms with Crippen LogP contribution in [0.1, 0.15) is 25.0 Å². The Balaban J connectivity index is 1.88. The minimum absolute atomic E-state index is 0.261. The zero-order valence-electron chi connectivity index (χ0n) is 10.6. The van der Waals surface area contributed by atoms with Gasteiger partial charge in [-0.25, -0.2) is 0 Å².